The normalized spacial score (nSPS) is 15.5. The molecule has 0 saturated heterocycles. The van der Waals surface area contributed by atoms with Gasteiger partial charge >= 0.3 is 0 Å². The van der Waals surface area contributed by atoms with Crippen LogP contribution in [0.2, 0.25) is 0 Å². The monoisotopic (exact) mass is 237 g/mol. The van der Waals surface area contributed by atoms with Gasteiger partial charge in [-0.05, 0) is 12.8 Å². The second-order valence-corrected chi connectivity index (χ2v) is 4.23. The second-order valence-electron chi connectivity index (χ2n) is 4.23. The third-order valence-electron chi connectivity index (χ3n) is 2.92. The molecule has 5 heteroatoms. The van der Waals surface area contributed by atoms with Crippen molar-refractivity contribution in [2.75, 3.05) is 19.6 Å². The van der Waals surface area contributed by atoms with Crippen molar-refractivity contribution in [1.29, 1.82) is 0 Å². The van der Waals surface area contributed by atoms with E-state index in [1.54, 1.807) is 4.90 Å². The number of primary amides is 1. The van der Waals surface area contributed by atoms with Crippen LogP contribution in [0.25, 0.3) is 0 Å². The zero-order valence-corrected chi connectivity index (χ0v) is 9.95. The molecule has 1 fully saturated rings. The lowest BCUT2D eigenvalue weighted by molar-refractivity contribution is -0.136. The Morgan fingerprint density at radius 3 is 2.59 bits per heavy atom. The Morgan fingerprint density at radius 1 is 1.41 bits per heavy atom. The van der Waals surface area contributed by atoms with Gasteiger partial charge in [0.1, 0.15) is 0 Å². The summed E-state index contributed by atoms with van der Waals surface area (Å²) >= 11 is 0. The van der Waals surface area contributed by atoms with Crippen LogP contribution < -0.4 is 11.1 Å². The van der Waals surface area contributed by atoms with E-state index in [2.05, 4.69) is 11.2 Å². The van der Waals surface area contributed by atoms with E-state index in [0.29, 0.717) is 6.54 Å². The molecule has 1 saturated carbocycles. The Balaban J connectivity index is 2.52. The molecule has 2 amide bonds. The highest BCUT2D eigenvalue weighted by Crippen LogP contribution is 2.23. The lowest BCUT2D eigenvalue weighted by atomic mass is 10.2. The van der Waals surface area contributed by atoms with Crippen molar-refractivity contribution in [3.8, 4) is 12.3 Å². The number of nitrogens with one attached hydrogen (secondary N) is 1. The average Bonchev–Trinajstić information content (AvgIpc) is 2.79. The molecule has 0 aromatic carbocycles. The third kappa shape index (κ3) is 4.45. The molecule has 94 valence electrons. The highest BCUT2D eigenvalue weighted by atomic mass is 16.2. The summed E-state index contributed by atoms with van der Waals surface area (Å²) in [4.78, 5) is 24.5. The topological polar surface area (TPSA) is 75.4 Å². The van der Waals surface area contributed by atoms with E-state index in [-0.39, 0.29) is 25.0 Å². The number of carbonyl (C=O) groups excluding carboxylic acids is 2. The predicted octanol–water partition coefficient (Wildman–Crippen LogP) is -0.534. The average molecular weight is 237 g/mol. The first-order valence-electron chi connectivity index (χ1n) is 5.87. The molecule has 1 aliphatic carbocycles. The number of rotatable bonds is 6. The van der Waals surface area contributed by atoms with E-state index < -0.39 is 5.91 Å². The van der Waals surface area contributed by atoms with Crippen molar-refractivity contribution in [3.63, 3.8) is 0 Å². The first kappa shape index (κ1) is 13.5. The van der Waals surface area contributed by atoms with Crippen LogP contribution in [0.5, 0.6) is 0 Å². The first-order valence-corrected chi connectivity index (χ1v) is 5.87. The fraction of sp³-hybridized carbons (Fsp3) is 0.667. The lowest BCUT2D eigenvalue weighted by Crippen LogP contribution is -2.47. The molecule has 0 aliphatic heterocycles. The van der Waals surface area contributed by atoms with Crippen molar-refractivity contribution >= 4 is 11.8 Å². The van der Waals surface area contributed by atoms with Crippen molar-refractivity contribution in [3.05, 3.63) is 0 Å². The summed E-state index contributed by atoms with van der Waals surface area (Å²) in [6.45, 7) is 0.510. The molecule has 3 N–H and O–H groups in total. The smallest absolute Gasteiger partial charge is 0.237 e. The van der Waals surface area contributed by atoms with Gasteiger partial charge in [0.05, 0.1) is 19.6 Å². The minimum Gasteiger partial charge on any atom is -0.368 e. The van der Waals surface area contributed by atoms with Gasteiger partial charge in [-0.1, -0.05) is 18.8 Å². The number of terminal acetylenes is 1. The van der Waals surface area contributed by atoms with Crippen LogP contribution in [0.3, 0.4) is 0 Å². The summed E-state index contributed by atoms with van der Waals surface area (Å²) in [5, 5.41) is 2.83. The number of hydrogen-bond acceptors (Lipinski definition) is 3. The van der Waals surface area contributed by atoms with E-state index in [9.17, 15) is 9.59 Å². The Hall–Kier alpha value is -1.54. The van der Waals surface area contributed by atoms with Gasteiger partial charge < -0.3 is 10.6 Å². The van der Waals surface area contributed by atoms with Crippen molar-refractivity contribution < 1.29 is 9.59 Å². The van der Waals surface area contributed by atoms with Gasteiger partial charge in [0.15, 0.2) is 0 Å². The SMILES string of the molecule is C#CCNCC(=O)N(CC(N)=O)C1CCCC1. The van der Waals surface area contributed by atoms with Gasteiger partial charge in [0, 0.05) is 6.04 Å². The highest BCUT2D eigenvalue weighted by Gasteiger charge is 2.27. The Labute approximate surface area is 102 Å². The molecular weight excluding hydrogens is 218 g/mol. The van der Waals surface area contributed by atoms with Crippen molar-refractivity contribution in [1.82, 2.24) is 10.2 Å². The second kappa shape index (κ2) is 6.92. The van der Waals surface area contributed by atoms with Crippen LogP contribution in [-0.2, 0) is 9.59 Å². The minimum absolute atomic E-state index is 0.00122. The molecule has 17 heavy (non-hydrogen) atoms. The molecule has 0 atom stereocenters. The van der Waals surface area contributed by atoms with Crippen LogP contribution >= 0.6 is 0 Å². The maximum atomic E-state index is 11.9. The fourth-order valence-corrected chi connectivity index (χ4v) is 2.15. The zero-order chi connectivity index (χ0) is 12.7. The van der Waals surface area contributed by atoms with E-state index in [0.717, 1.165) is 25.7 Å². The molecule has 0 bridgehead atoms. The van der Waals surface area contributed by atoms with Crippen molar-refractivity contribution in [2.24, 2.45) is 5.73 Å². The van der Waals surface area contributed by atoms with E-state index in [4.69, 9.17) is 12.2 Å². The molecule has 0 spiro atoms. The minimum atomic E-state index is -0.470. The van der Waals surface area contributed by atoms with Crippen LogP contribution in [0.15, 0.2) is 0 Å². The quantitative estimate of drug-likeness (QED) is 0.481. The summed E-state index contributed by atoms with van der Waals surface area (Å²) in [5.41, 5.74) is 5.17. The first-order chi connectivity index (χ1) is 8.15. The molecule has 5 nitrogen and oxygen atoms in total. The summed E-state index contributed by atoms with van der Waals surface area (Å²) in [7, 11) is 0. The summed E-state index contributed by atoms with van der Waals surface area (Å²) in [5.74, 6) is 1.82. The maximum Gasteiger partial charge on any atom is 0.237 e. The zero-order valence-electron chi connectivity index (χ0n) is 9.95. The molecule has 0 aromatic heterocycles. The molecular formula is C12H19N3O2. The number of amides is 2. The molecule has 1 aliphatic rings. The molecule has 1 rings (SSSR count). The number of carbonyl (C=O) groups is 2. The fourth-order valence-electron chi connectivity index (χ4n) is 2.15. The molecule has 0 radical (unpaired) electrons. The van der Waals surface area contributed by atoms with Crippen molar-refractivity contribution in [2.45, 2.75) is 31.7 Å². The third-order valence-corrected chi connectivity index (χ3v) is 2.92. The number of nitrogens with two attached hydrogens (primary N) is 1. The van der Waals surface area contributed by atoms with E-state index >= 15 is 0 Å². The van der Waals surface area contributed by atoms with Crippen LogP contribution in [0.4, 0.5) is 0 Å². The van der Waals surface area contributed by atoms with Crippen LogP contribution in [0, 0.1) is 12.3 Å². The summed E-state index contributed by atoms with van der Waals surface area (Å²) < 4.78 is 0. The molecule has 0 aromatic rings. The number of hydrogen-bond donors (Lipinski definition) is 2. The van der Waals surface area contributed by atoms with Gasteiger partial charge in [-0.3, -0.25) is 14.9 Å². The van der Waals surface area contributed by atoms with Gasteiger partial charge in [0.2, 0.25) is 11.8 Å². The maximum absolute atomic E-state index is 11.9. The predicted molar refractivity (Wildman–Crippen MR) is 64.9 cm³/mol. The Bertz CT molecular complexity index is 316. The summed E-state index contributed by atoms with van der Waals surface area (Å²) in [6, 6.07) is 0.155. The van der Waals surface area contributed by atoms with Gasteiger partial charge in [-0.25, -0.2) is 0 Å². The Kier molecular flexibility index (Phi) is 5.50. The van der Waals surface area contributed by atoms with Gasteiger partial charge in [-0.2, -0.15) is 0 Å². The largest absolute Gasteiger partial charge is 0.368 e. The Morgan fingerprint density at radius 2 is 2.06 bits per heavy atom. The number of nitrogens with zero attached hydrogens (tertiary/aromatic N) is 1. The van der Waals surface area contributed by atoms with Crippen LogP contribution in [-0.4, -0.2) is 42.4 Å². The molecule has 0 heterocycles. The lowest BCUT2D eigenvalue weighted by Gasteiger charge is -2.27. The van der Waals surface area contributed by atoms with E-state index in [1.807, 2.05) is 0 Å². The molecule has 0 unspecified atom stereocenters. The van der Waals surface area contributed by atoms with Gasteiger partial charge in [-0.15, -0.1) is 6.42 Å². The summed E-state index contributed by atoms with van der Waals surface area (Å²) in [6.07, 6.45) is 9.19. The highest BCUT2D eigenvalue weighted by molar-refractivity contribution is 5.85. The van der Waals surface area contributed by atoms with Crippen LogP contribution in [0.1, 0.15) is 25.7 Å². The van der Waals surface area contributed by atoms with E-state index in [1.165, 1.54) is 0 Å². The van der Waals surface area contributed by atoms with Gasteiger partial charge in [0.25, 0.3) is 0 Å². The standard InChI is InChI=1S/C12H19N3O2/c1-2-7-14-8-12(17)15(9-11(13)16)10-5-3-4-6-10/h1,10,14H,3-9H2,(H2,13,16).